The van der Waals surface area contributed by atoms with Crippen LogP contribution in [0, 0.1) is 0 Å². The summed E-state index contributed by atoms with van der Waals surface area (Å²) in [5.74, 6) is 1.58. The van der Waals surface area contributed by atoms with E-state index >= 15 is 0 Å². The van der Waals surface area contributed by atoms with E-state index in [2.05, 4.69) is 38.1 Å². The minimum absolute atomic E-state index is 0.285. The molecule has 1 saturated heterocycles. The maximum absolute atomic E-state index is 5.79. The quantitative estimate of drug-likeness (QED) is 0.779. The zero-order valence-electron chi connectivity index (χ0n) is 11.5. The molecule has 1 aromatic carbocycles. The number of rotatable bonds is 5. The average Bonchev–Trinajstić information content (AvgIpc) is 2.46. The summed E-state index contributed by atoms with van der Waals surface area (Å²) in [6, 6.07) is 8.49. The van der Waals surface area contributed by atoms with Crippen LogP contribution in [0.25, 0.3) is 0 Å². The van der Waals surface area contributed by atoms with Gasteiger partial charge in [-0.3, -0.25) is 0 Å². The van der Waals surface area contributed by atoms with Crippen LogP contribution in [0.15, 0.2) is 24.3 Å². The van der Waals surface area contributed by atoms with Crippen molar-refractivity contribution in [2.24, 2.45) is 0 Å². The highest BCUT2D eigenvalue weighted by molar-refractivity contribution is 5.29. The summed E-state index contributed by atoms with van der Waals surface area (Å²) < 4.78 is 11.4. The lowest BCUT2D eigenvalue weighted by molar-refractivity contribution is -0.0110. The van der Waals surface area contributed by atoms with Gasteiger partial charge in [-0.15, -0.1) is 0 Å². The Bertz CT molecular complexity index is 339. The van der Waals surface area contributed by atoms with E-state index in [4.69, 9.17) is 9.47 Å². The van der Waals surface area contributed by atoms with Crippen molar-refractivity contribution >= 4 is 0 Å². The predicted molar refractivity (Wildman–Crippen MR) is 74.2 cm³/mol. The smallest absolute Gasteiger partial charge is 0.119 e. The Balaban J connectivity index is 1.82. The Morgan fingerprint density at radius 3 is 2.67 bits per heavy atom. The molecule has 0 aliphatic carbocycles. The van der Waals surface area contributed by atoms with Crippen molar-refractivity contribution in [2.45, 2.75) is 51.6 Å². The van der Waals surface area contributed by atoms with Gasteiger partial charge in [0, 0.05) is 6.61 Å². The van der Waals surface area contributed by atoms with E-state index in [-0.39, 0.29) is 6.10 Å². The Hall–Kier alpha value is -1.02. The summed E-state index contributed by atoms with van der Waals surface area (Å²) in [5.41, 5.74) is 1.39. The minimum Gasteiger partial charge on any atom is -0.491 e. The minimum atomic E-state index is 0.285. The zero-order chi connectivity index (χ0) is 12.8. The second-order valence-electron chi connectivity index (χ2n) is 5.18. The third-order valence-corrected chi connectivity index (χ3v) is 3.77. The molecule has 1 aromatic rings. The second-order valence-corrected chi connectivity index (χ2v) is 5.18. The van der Waals surface area contributed by atoms with E-state index in [0.29, 0.717) is 12.5 Å². The van der Waals surface area contributed by atoms with Crippen LogP contribution in [0.5, 0.6) is 5.75 Å². The van der Waals surface area contributed by atoms with Gasteiger partial charge in [-0.2, -0.15) is 0 Å². The maximum Gasteiger partial charge on any atom is 0.119 e. The normalized spacial score (nSPS) is 21.6. The highest BCUT2D eigenvalue weighted by Gasteiger charge is 2.14. The van der Waals surface area contributed by atoms with Gasteiger partial charge in [-0.05, 0) is 49.3 Å². The number of ether oxygens (including phenoxy) is 2. The molecule has 0 bridgehead atoms. The van der Waals surface area contributed by atoms with Crippen molar-refractivity contribution in [3.63, 3.8) is 0 Å². The zero-order valence-corrected chi connectivity index (χ0v) is 11.5. The van der Waals surface area contributed by atoms with Crippen LogP contribution in [-0.4, -0.2) is 19.3 Å². The molecule has 18 heavy (non-hydrogen) atoms. The van der Waals surface area contributed by atoms with Crippen LogP contribution >= 0.6 is 0 Å². The molecule has 1 fully saturated rings. The van der Waals surface area contributed by atoms with Crippen molar-refractivity contribution in [2.75, 3.05) is 13.2 Å². The molecule has 1 aliphatic rings. The average molecular weight is 248 g/mol. The summed E-state index contributed by atoms with van der Waals surface area (Å²) in [6.07, 6.45) is 5.05. The summed E-state index contributed by atoms with van der Waals surface area (Å²) in [6.45, 7) is 6.05. The lowest BCUT2D eigenvalue weighted by atomic mass is 9.99. The molecule has 1 heterocycles. The fraction of sp³-hybridized carbons (Fsp3) is 0.625. The molecule has 2 nitrogen and oxygen atoms in total. The van der Waals surface area contributed by atoms with Crippen molar-refractivity contribution in [1.29, 1.82) is 0 Å². The van der Waals surface area contributed by atoms with E-state index in [0.717, 1.165) is 18.8 Å². The highest BCUT2D eigenvalue weighted by Crippen LogP contribution is 2.22. The Kier molecular flexibility index (Phi) is 5.06. The third-order valence-electron chi connectivity index (χ3n) is 3.77. The molecule has 2 rings (SSSR count). The first-order valence-electron chi connectivity index (χ1n) is 7.14. The van der Waals surface area contributed by atoms with Gasteiger partial charge in [-0.25, -0.2) is 0 Å². The number of hydrogen-bond acceptors (Lipinski definition) is 2. The SMILES string of the molecule is CCC(C)c1ccc(OCC2CCCCO2)cc1. The Morgan fingerprint density at radius 2 is 2.06 bits per heavy atom. The lowest BCUT2D eigenvalue weighted by Gasteiger charge is -2.22. The van der Waals surface area contributed by atoms with E-state index in [1.165, 1.54) is 24.8 Å². The monoisotopic (exact) mass is 248 g/mol. The molecular formula is C16H24O2. The number of benzene rings is 1. The van der Waals surface area contributed by atoms with Gasteiger partial charge >= 0.3 is 0 Å². The van der Waals surface area contributed by atoms with E-state index in [9.17, 15) is 0 Å². The van der Waals surface area contributed by atoms with Crippen molar-refractivity contribution in [1.82, 2.24) is 0 Å². The van der Waals surface area contributed by atoms with E-state index in [1.807, 2.05) is 0 Å². The van der Waals surface area contributed by atoms with Gasteiger partial charge < -0.3 is 9.47 Å². The summed E-state index contributed by atoms with van der Waals surface area (Å²) in [4.78, 5) is 0. The lowest BCUT2D eigenvalue weighted by Crippen LogP contribution is -2.25. The largest absolute Gasteiger partial charge is 0.491 e. The van der Waals surface area contributed by atoms with Crippen LogP contribution in [-0.2, 0) is 4.74 Å². The standard InChI is InChI=1S/C16H24O2/c1-3-13(2)14-7-9-15(10-8-14)18-12-16-6-4-5-11-17-16/h7-10,13,16H,3-6,11-12H2,1-2H3. The van der Waals surface area contributed by atoms with Gasteiger partial charge in [0.05, 0.1) is 6.10 Å². The number of hydrogen-bond donors (Lipinski definition) is 0. The summed E-state index contributed by atoms with van der Waals surface area (Å²) >= 11 is 0. The molecule has 2 heteroatoms. The first kappa shape index (κ1) is 13.4. The van der Waals surface area contributed by atoms with E-state index in [1.54, 1.807) is 0 Å². The predicted octanol–water partition coefficient (Wildman–Crippen LogP) is 4.15. The third kappa shape index (κ3) is 3.74. The van der Waals surface area contributed by atoms with Crippen LogP contribution < -0.4 is 4.74 Å². The molecule has 0 amide bonds. The molecular weight excluding hydrogens is 224 g/mol. The molecule has 2 atom stereocenters. The highest BCUT2D eigenvalue weighted by atomic mass is 16.5. The van der Waals surface area contributed by atoms with Crippen LogP contribution in [0.3, 0.4) is 0 Å². The molecule has 0 saturated carbocycles. The van der Waals surface area contributed by atoms with Crippen LogP contribution in [0.1, 0.15) is 51.0 Å². The summed E-state index contributed by atoms with van der Waals surface area (Å²) in [5, 5.41) is 0. The molecule has 0 N–H and O–H groups in total. The summed E-state index contributed by atoms with van der Waals surface area (Å²) in [7, 11) is 0. The van der Waals surface area contributed by atoms with Gasteiger partial charge in [0.15, 0.2) is 0 Å². The van der Waals surface area contributed by atoms with E-state index < -0.39 is 0 Å². The first-order valence-corrected chi connectivity index (χ1v) is 7.14. The van der Waals surface area contributed by atoms with Crippen molar-refractivity contribution in [3.8, 4) is 5.75 Å². The fourth-order valence-electron chi connectivity index (χ4n) is 2.26. The topological polar surface area (TPSA) is 18.5 Å². The molecule has 0 spiro atoms. The fourth-order valence-corrected chi connectivity index (χ4v) is 2.26. The Labute approximate surface area is 110 Å². The van der Waals surface area contributed by atoms with Gasteiger partial charge in [0.1, 0.15) is 12.4 Å². The first-order chi connectivity index (χ1) is 8.79. The molecule has 0 aromatic heterocycles. The molecule has 2 unspecified atom stereocenters. The Morgan fingerprint density at radius 1 is 1.28 bits per heavy atom. The maximum atomic E-state index is 5.79. The van der Waals surface area contributed by atoms with Crippen LogP contribution in [0.4, 0.5) is 0 Å². The van der Waals surface area contributed by atoms with Crippen LogP contribution in [0.2, 0.25) is 0 Å². The van der Waals surface area contributed by atoms with Crippen molar-refractivity contribution in [3.05, 3.63) is 29.8 Å². The van der Waals surface area contributed by atoms with Gasteiger partial charge in [0.25, 0.3) is 0 Å². The molecule has 100 valence electrons. The molecule has 0 radical (unpaired) electrons. The van der Waals surface area contributed by atoms with Gasteiger partial charge in [0.2, 0.25) is 0 Å². The van der Waals surface area contributed by atoms with Crippen molar-refractivity contribution < 1.29 is 9.47 Å². The molecule has 1 aliphatic heterocycles. The second kappa shape index (κ2) is 6.79. The van der Waals surface area contributed by atoms with Gasteiger partial charge in [-0.1, -0.05) is 26.0 Å².